The normalized spacial score (nSPS) is 14.3. The summed E-state index contributed by atoms with van der Waals surface area (Å²) >= 11 is 0. The van der Waals surface area contributed by atoms with Gasteiger partial charge in [0.15, 0.2) is 0 Å². The molecular weight excluding hydrogens is 350 g/mol. The highest BCUT2D eigenvalue weighted by Crippen LogP contribution is 2.42. The summed E-state index contributed by atoms with van der Waals surface area (Å²) in [4.78, 5) is 11.0. The van der Waals surface area contributed by atoms with Crippen molar-refractivity contribution in [1.29, 1.82) is 0 Å². The molecule has 0 amide bonds. The van der Waals surface area contributed by atoms with Crippen molar-refractivity contribution in [2.45, 2.75) is 26.4 Å². The predicted molar refractivity (Wildman–Crippen MR) is 111 cm³/mol. The maximum Gasteiger partial charge on any atom is 0.270 e. The second-order valence-electron chi connectivity index (χ2n) is 6.85. The third-order valence-electron chi connectivity index (χ3n) is 5.03. The summed E-state index contributed by atoms with van der Waals surface area (Å²) in [6.45, 7) is 2.63. The summed E-state index contributed by atoms with van der Waals surface area (Å²) in [6.07, 6.45) is 1.76. The van der Waals surface area contributed by atoms with Crippen LogP contribution in [-0.4, -0.2) is 4.92 Å². The first-order valence-corrected chi connectivity index (χ1v) is 9.47. The molecule has 0 fully saturated rings. The molecule has 4 rings (SSSR count). The second kappa shape index (κ2) is 7.69. The fourth-order valence-corrected chi connectivity index (χ4v) is 3.79. The SMILES string of the molecule is CCC/C(=C1/c2ccccc2COc2ccccc21)c1cccc([N+](=O)[O-])c1. The van der Waals surface area contributed by atoms with Crippen molar-refractivity contribution in [3.63, 3.8) is 0 Å². The Kier molecular flexibility index (Phi) is 4.94. The number of nitrogens with zero attached hydrogens (tertiary/aromatic N) is 1. The molecule has 0 aliphatic carbocycles. The Morgan fingerprint density at radius 3 is 2.54 bits per heavy atom. The molecule has 1 aliphatic heterocycles. The molecule has 0 spiro atoms. The monoisotopic (exact) mass is 371 g/mol. The van der Waals surface area contributed by atoms with Crippen LogP contribution in [0.3, 0.4) is 0 Å². The second-order valence-corrected chi connectivity index (χ2v) is 6.85. The van der Waals surface area contributed by atoms with Crippen molar-refractivity contribution in [3.05, 3.63) is 105 Å². The lowest BCUT2D eigenvalue weighted by atomic mass is 9.85. The summed E-state index contributed by atoms with van der Waals surface area (Å²) in [5.41, 5.74) is 6.48. The fraction of sp³-hybridized carbons (Fsp3) is 0.167. The van der Waals surface area contributed by atoms with Gasteiger partial charge in [0.05, 0.1) is 4.92 Å². The van der Waals surface area contributed by atoms with Gasteiger partial charge >= 0.3 is 0 Å². The van der Waals surface area contributed by atoms with Crippen LogP contribution in [0.25, 0.3) is 11.1 Å². The molecule has 3 aromatic rings. The smallest absolute Gasteiger partial charge is 0.270 e. The Morgan fingerprint density at radius 2 is 1.75 bits per heavy atom. The minimum Gasteiger partial charge on any atom is -0.488 e. The highest BCUT2D eigenvalue weighted by molar-refractivity contribution is 6.01. The minimum absolute atomic E-state index is 0.109. The van der Waals surface area contributed by atoms with E-state index in [4.69, 9.17) is 4.74 Å². The van der Waals surface area contributed by atoms with Crippen molar-refractivity contribution >= 4 is 16.8 Å². The number of ether oxygens (including phenoxy) is 1. The van der Waals surface area contributed by atoms with E-state index in [1.807, 2.05) is 36.4 Å². The number of fused-ring (bicyclic) bond motifs is 2. The number of nitro groups is 1. The first kappa shape index (κ1) is 18.0. The van der Waals surface area contributed by atoms with Crippen LogP contribution < -0.4 is 4.74 Å². The van der Waals surface area contributed by atoms with Gasteiger partial charge in [-0.05, 0) is 40.3 Å². The number of rotatable bonds is 4. The molecule has 0 atom stereocenters. The van der Waals surface area contributed by atoms with Crippen LogP contribution in [0, 0.1) is 10.1 Å². The Morgan fingerprint density at radius 1 is 1.00 bits per heavy atom. The van der Waals surface area contributed by atoms with Crippen LogP contribution in [0.4, 0.5) is 5.69 Å². The third-order valence-corrected chi connectivity index (χ3v) is 5.03. The van der Waals surface area contributed by atoms with E-state index in [2.05, 4.69) is 25.1 Å². The molecule has 0 radical (unpaired) electrons. The van der Waals surface area contributed by atoms with E-state index in [1.54, 1.807) is 12.1 Å². The lowest BCUT2D eigenvalue weighted by Crippen LogP contribution is -1.98. The number of allylic oxidation sites excluding steroid dienone is 1. The summed E-state index contributed by atoms with van der Waals surface area (Å²) in [6, 6.07) is 23.2. The molecule has 140 valence electrons. The number of para-hydroxylation sites is 1. The average molecular weight is 371 g/mol. The predicted octanol–water partition coefficient (Wildman–Crippen LogP) is 6.25. The zero-order chi connectivity index (χ0) is 19.5. The molecule has 4 heteroatoms. The zero-order valence-electron chi connectivity index (χ0n) is 15.7. The lowest BCUT2D eigenvalue weighted by molar-refractivity contribution is -0.384. The largest absolute Gasteiger partial charge is 0.488 e. The molecule has 0 N–H and O–H groups in total. The van der Waals surface area contributed by atoms with Crippen LogP contribution >= 0.6 is 0 Å². The molecular formula is C24H21NO3. The van der Waals surface area contributed by atoms with Crippen molar-refractivity contribution in [3.8, 4) is 5.75 Å². The van der Waals surface area contributed by atoms with Crippen LogP contribution in [0.2, 0.25) is 0 Å². The van der Waals surface area contributed by atoms with Crippen LogP contribution in [0.15, 0.2) is 72.8 Å². The van der Waals surface area contributed by atoms with Crippen LogP contribution in [-0.2, 0) is 6.61 Å². The van der Waals surface area contributed by atoms with Crippen molar-refractivity contribution < 1.29 is 9.66 Å². The van der Waals surface area contributed by atoms with Crippen LogP contribution in [0.5, 0.6) is 5.75 Å². The Hall–Kier alpha value is -3.40. The first-order valence-electron chi connectivity index (χ1n) is 9.47. The van der Waals surface area contributed by atoms with Gasteiger partial charge in [0.25, 0.3) is 5.69 Å². The van der Waals surface area contributed by atoms with E-state index in [0.717, 1.165) is 52.0 Å². The van der Waals surface area contributed by atoms with E-state index < -0.39 is 0 Å². The maximum atomic E-state index is 11.3. The molecule has 1 heterocycles. The Balaban J connectivity index is 2.06. The van der Waals surface area contributed by atoms with Crippen molar-refractivity contribution in [1.82, 2.24) is 0 Å². The van der Waals surface area contributed by atoms with E-state index >= 15 is 0 Å². The molecule has 3 aromatic carbocycles. The van der Waals surface area contributed by atoms with Gasteiger partial charge in [0.1, 0.15) is 12.4 Å². The number of hydrogen-bond acceptors (Lipinski definition) is 3. The van der Waals surface area contributed by atoms with Gasteiger partial charge in [-0.15, -0.1) is 0 Å². The summed E-state index contributed by atoms with van der Waals surface area (Å²) in [5.74, 6) is 0.840. The molecule has 28 heavy (non-hydrogen) atoms. The van der Waals surface area contributed by atoms with Gasteiger partial charge in [-0.1, -0.05) is 67.9 Å². The van der Waals surface area contributed by atoms with Gasteiger partial charge in [-0.3, -0.25) is 10.1 Å². The molecule has 4 nitrogen and oxygen atoms in total. The average Bonchev–Trinajstić information content (AvgIpc) is 2.89. The number of hydrogen-bond donors (Lipinski definition) is 0. The Bertz CT molecular complexity index is 1020. The first-order chi connectivity index (χ1) is 13.7. The zero-order valence-corrected chi connectivity index (χ0v) is 15.7. The molecule has 0 unspecified atom stereocenters. The number of nitro benzene ring substituents is 1. The van der Waals surface area contributed by atoms with Crippen molar-refractivity contribution in [2.24, 2.45) is 0 Å². The van der Waals surface area contributed by atoms with Gasteiger partial charge in [-0.25, -0.2) is 0 Å². The third kappa shape index (κ3) is 3.29. The summed E-state index contributed by atoms with van der Waals surface area (Å²) in [7, 11) is 0. The molecule has 1 aliphatic rings. The van der Waals surface area contributed by atoms with Gasteiger partial charge in [0, 0.05) is 17.7 Å². The Labute approximate surface area is 164 Å². The summed E-state index contributed by atoms with van der Waals surface area (Å²) < 4.78 is 6.09. The minimum atomic E-state index is -0.337. The van der Waals surface area contributed by atoms with Crippen LogP contribution in [0.1, 0.15) is 42.0 Å². The highest BCUT2D eigenvalue weighted by Gasteiger charge is 2.23. The van der Waals surface area contributed by atoms with E-state index in [0.29, 0.717) is 6.61 Å². The molecule has 0 bridgehead atoms. The molecule has 0 saturated carbocycles. The number of non-ortho nitro benzene ring substituents is 1. The van der Waals surface area contributed by atoms with E-state index in [9.17, 15) is 10.1 Å². The highest BCUT2D eigenvalue weighted by atomic mass is 16.6. The summed E-state index contributed by atoms with van der Waals surface area (Å²) in [5, 5.41) is 11.3. The maximum absolute atomic E-state index is 11.3. The lowest BCUT2D eigenvalue weighted by Gasteiger charge is -2.17. The standard InChI is InChI=1S/C24H21NO3/c1-2-8-20(17-10-7-11-19(15-17)25(26)27)24-21-12-4-3-9-18(21)16-28-23-14-6-5-13-22(23)24/h3-7,9-15H,2,8,16H2,1H3/b24-20+. The van der Waals surface area contributed by atoms with Crippen molar-refractivity contribution in [2.75, 3.05) is 0 Å². The number of benzene rings is 3. The van der Waals surface area contributed by atoms with E-state index in [1.165, 1.54) is 6.07 Å². The van der Waals surface area contributed by atoms with Gasteiger partial charge in [0.2, 0.25) is 0 Å². The molecule has 0 saturated heterocycles. The molecule has 0 aromatic heterocycles. The fourth-order valence-electron chi connectivity index (χ4n) is 3.79. The quantitative estimate of drug-likeness (QED) is 0.402. The van der Waals surface area contributed by atoms with E-state index in [-0.39, 0.29) is 10.6 Å². The van der Waals surface area contributed by atoms with Gasteiger partial charge < -0.3 is 4.74 Å². The van der Waals surface area contributed by atoms with Gasteiger partial charge in [-0.2, -0.15) is 0 Å². The topological polar surface area (TPSA) is 52.4 Å².